The van der Waals surface area contributed by atoms with Crippen molar-refractivity contribution >= 4 is 17.9 Å². The Morgan fingerprint density at radius 1 is 1.17 bits per heavy atom. The second-order valence-corrected chi connectivity index (χ2v) is 10.1. The summed E-state index contributed by atoms with van der Waals surface area (Å²) in [5.41, 5.74) is 0.946. The summed E-state index contributed by atoms with van der Waals surface area (Å²) < 4.78 is 11.8. The van der Waals surface area contributed by atoms with Crippen LogP contribution >= 0.6 is 0 Å². The molecule has 0 saturated heterocycles. The van der Waals surface area contributed by atoms with E-state index in [1.807, 2.05) is 73.7 Å². The van der Waals surface area contributed by atoms with Gasteiger partial charge in [-0.2, -0.15) is 0 Å². The van der Waals surface area contributed by atoms with Crippen LogP contribution in [-0.4, -0.2) is 48.3 Å². The number of rotatable bonds is 11. The van der Waals surface area contributed by atoms with E-state index in [2.05, 4.69) is 26.1 Å². The summed E-state index contributed by atoms with van der Waals surface area (Å²) in [6.07, 6.45) is 5.48. The smallest absolute Gasteiger partial charge is 0.252 e. The molecule has 188 valence electrons. The highest BCUT2D eigenvalue weighted by atomic mass is 16.5. The first-order valence-electron chi connectivity index (χ1n) is 12.3. The molecule has 1 aliphatic rings. The van der Waals surface area contributed by atoms with Gasteiger partial charge in [0.05, 0.1) is 6.61 Å². The van der Waals surface area contributed by atoms with Gasteiger partial charge in [0, 0.05) is 31.6 Å². The van der Waals surface area contributed by atoms with E-state index < -0.39 is 11.6 Å². The molecule has 2 aromatic rings. The maximum Gasteiger partial charge on any atom is 0.252 e. The van der Waals surface area contributed by atoms with E-state index in [0.717, 1.165) is 17.5 Å². The van der Waals surface area contributed by atoms with E-state index in [1.165, 1.54) is 0 Å². The number of aliphatic imine (C=N–C) groups is 1. The third kappa shape index (κ3) is 7.43. The van der Waals surface area contributed by atoms with Crippen LogP contribution in [0.4, 0.5) is 0 Å². The molecular formula is C29H38N2O4. The number of benzene rings is 2. The Morgan fingerprint density at radius 3 is 2.54 bits per heavy atom. The largest absolute Gasteiger partial charge is 0.494 e. The van der Waals surface area contributed by atoms with Gasteiger partial charge in [0.25, 0.3) is 5.91 Å². The first-order valence-corrected chi connectivity index (χ1v) is 12.3. The fraction of sp³-hybridized carbons (Fsp3) is 0.448. The summed E-state index contributed by atoms with van der Waals surface area (Å²) in [5.74, 6) is 1.05. The quantitative estimate of drug-likeness (QED) is 0.445. The number of carbonyl (C=O) groups is 1. The van der Waals surface area contributed by atoms with Crippen LogP contribution in [0, 0.1) is 5.41 Å². The van der Waals surface area contributed by atoms with Crippen molar-refractivity contribution in [2.75, 3.05) is 19.8 Å². The highest BCUT2D eigenvalue weighted by Gasteiger charge is 2.49. The van der Waals surface area contributed by atoms with Crippen LogP contribution in [0.1, 0.15) is 58.1 Å². The first kappa shape index (κ1) is 26.5. The Kier molecular flexibility index (Phi) is 9.10. The summed E-state index contributed by atoms with van der Waals surface area (Å²) >= 11 is 0. The molecule has 0 saturated carbocycles. The Bertz CT molecular complexity index is 1010. The zero-order valence-electron chi connectivity index (χ0n) is 21.3. The van der Waals surface area contributed by atoms with Crippen molar-refractivity contribution in [3.8, 4) is 5.75 Å². The number of hydrogen-bond acceptors (Lipinski definition) is 5. The fourth-order valence-electron chi connectivity index (χ4n) is 3.83. The number of nitrogens with one attached hydrogen (secondary N) is 1. The molecule has 6 nitrogen and oxygen atoms in total. The van der Waals surface area contributed by atoms with Crippen molar-refractivity contribution < 1.29 is 19.4 Å². The molecule has 2 N–H and O–H groups in total. The number of aliphatic hydroxyl groups excluding tert-OH is 1. The molecule has 0 aromatic heterocycles. The standard InChI is InChI=1S/C29H38N2O4/c1-22-29(27(33)30-19-18-28(2,3)4,17-8-12-23-10-6-5-7-11-23)31-26(35-22)24-13-15-25(16-14-24)34-21-9-20-32/h5-8,10-16,22,32H,9,17-21H2,1-4H3,(H,30,33)/b12-8+/t22-,29-/m1/s1. The van der Waals surface area contributed by atoms with Crippen molar-refractivity contribution in [2.45, 2.75) is 58.6 Å². The van der Waals surface area contributed by atoms with E-state index >= 15 is 0 Å². The number of carbonyl (C=O) groups excluding carboxylic acids is 1. The summed E-state index contributed by atoms with van der Waals surface area (Å²) in [4.78, 5) is 18.4. The maximum absolute atomic E-state index is 13.5. The molecule has 2 atom stereocenters. The molecule has 1 heterocycles. The number of hydrogen-bond donors (Lipinski definition) is 2. The Morgan fingerprint density at radius 2 is 1.89 bits per heavy atom. The minimum absolute atomic E-state index is 0.0965. The van der Waals surface area contributed by atoms with E-state index in [9.17, 15) is 4.79 Å². The zero-order chi connectivity index (χ0) is 25.3. The SMILES string of the molecule is C[C@H]1OC(c2ccc(OCCCO)cc2)=N[C@@]1(C/C=C/c1ccccc1)C(=O)NCCC(C)(C)C. The molecule has 3 rings (SSSR count). The van der Waals surface area contributed by atoms with Crippen LogP contribution in [0.2, 0.25) is 0 Å². The van der Waals surface area contributed by atoms with Crippen LogP contribution in [0.25, 0.3) is 6.08 Å². The molecule has 0 fully saturated rings. The van der Waals surface area contributed by atoms with E-state index in [-0.39, 0.29) is 17.9 Å². The zero-order valence-corrected chi connectivity index (χ0v) is 21.3. The average molecular weight is 479 g/mol. The third-order valence-corrected chi connectivity index (χ3v) is 6.03. The molecule has 1 aliphatic heterocycles. The number of ether oxygens (including phenoxy) is 2. The minimum Gasteiger partial charge on any atom is -0.494 e. The maximum atomic E-state index is 13.5. The van der Waals surface area contributed by atoms with Gasteiger partial charge in [-0.1, -0.05) is 63.3 Å². The Labute approximate surface area is 209 Å². The summed E-state index contributed by atoms with van der Waals surface area (Å²) in [6, 6.07) is 17.5. The summed E-state index contributed by atoms with van der Waals surface area (Å²) in [5, 5.41) is 12.0. The van der Waals surface area contributed by atoms with Crippen LogP contribution in [-0.2, 0) is 9.53 Å². The second kappa shape index (κ2) is 12.0. The molecular weight excluding hydrogens is 440 g/mol. The normalized spacial score (nSPS) is 19.9. The van der Waals surface area contributed by atoms with Crippen molar-refractivity contribution in [1.82, 2.24) is 5.32 Å². The Hall–Kier alpha value is -3.12. The predicted octanol–water partition coefficient (Wildman–Crippen LogP) is 5.01. The molecule has 6 heteroatoms. The van der Waals surface area contributed by atoms with E-state index in [1.54, 1.807) is 0 Å². The third-order valence-electron chi connectivity index (χ3n) is 6.03. The van der Waals surface area contributed by atoms with Crippen LogP contribution in [0.15, 0.2) is 65.7 Å². The van der Waals surface area contributed by atoms with Crippen molar-refractivity contribution in [2.24, 2.45) is 10.4 Å². The summed E-state index contributed by atoms with van der Waals surface area (Å²) in [6.45, 7) is 9.52. The highest BCUT2D eigenvalue weighted by Crippen LogP contribution is 2.33. The number of amides is 1. The average Bonchev–Trinajstić information content (AvgIpc) is 3.17. The van der Waals surface area contributed by atoms with Gasteiger partial charge >= 0.3 is 0 Å². The van der Waals surface area contributed by atoms with Crippen molar-refractivity contribution in [1.29, 1.82) is 0 Å². The van der Waals surface area contributed by atoms with Crippen LogP contribution in [0.5, 0.6) is 5.75 Å². The van der Waals surface area contributed by atoms with Gasteiger partial charge in [0.1, 0.15) is 11.9 Å². The topological polar surface area (TPSA) is 80.2 Å². The van der Waals surface area contributed by atoms with Gasteiger partial charge in [-0.3, -0.25) is 4.79 Å². The molecule has 35 heavy (non-hydrogen) atoms. The van der Waals surface area contributed by atoms with E-state index in [4.69, 9.17) is 19.6 Å². The molecule has 1 amide bonds. The molecule has 0 unspecified atom stereocenters. The predicted molar refractivity (Wildman–Crippen MR) is 141 cm³/mol. The van der Waals surface area contributed by atoms with Gasteiger partial charge < -0.3 is 19.9 Å². The van der Waals surface area contributed by atoms with Gasteiger partial charge in [0.15, 0.2) is 5.54 Å². The molecule has 2 aromatic carbocycles. The molecule has 0 bridgehead atoms. The number of nitrogens with zero attached hydrogens (tertiary/aromatic N) is 1. The van der Waals surface area contributed by atoms with E-state index in [0.29, 0.717) is 37.6 Å². The van der Waals surface area contributed by atoms with Gasteiger partial charge in [0.2, 0.25) is 5.90 Å². The Balaban J connectivity index is 1.82. The second-order valence-electron chi connectivity index (χ2n) is 10.1. The lowest BCUT2D eigenvalue weighted by Crippen LogP contribution is -2.51. The van der Waals surface area contributed by atoms with Crippen LogP contribution in [0.3, 0.4) is 0 Å². The lowest BCUT2D eigenvalue weighted by atomic mass is 9.88. The molecule has 0 radical (unpaired) electrons. The summed E-state index contributed by atoms with van der Waals surface area (Å²) in [7, 11) is 0. The number of aliphatic hydroxyl groups is 1. The first-order chi connectivity index (χ1) is 16.7. The minimum atomic E-state index is -1.05. The fourth-order valence-corrected chi connectivity index (χ4v) is 3.83. The van der Waals surface area contributed by atoms with Gasteiger partial charge in [-0.25, -0.2) is 4.99 Å². The highest BCUT2D eigenvalue weighted by molar-refractivity contribution is 6.00. The molecule has 0 aliphatic carbocycles. The molecule has 0 spiro atoms. The monoisotopic (exact) mass is 478 g/mol. The van der Waals surface area contributed by atoms with Crippen LogP contribution < -0.4 is 10.1 Å². The van der Waals surface area contributed by atoms with Crippen molar-refractivity contribution in [3.63, 3.8) is 0 Å². The van der Waals surface area contributed by atoms with Gasteiger partial charge in [-0.15, -0.1) is 0 Å². The lowest BCUT2D eigenvalue weighted by Gasteiger charge is -2.28. The lowest BCUT2D eigenvalue weighted by molar-refractivity contribution is -0.128. The van der Waals surface area contributed by atoms with Gasteiger partial charge in [-0.05, 0) is 48.6 Å². The van der Waals surface area contributed by atoms with Crippen molar-refractivity contribution in [3.05, 3.63) is 71.8 Å².